The standard InChI is InChI=1S/C24H34N4O4/c1-6-25-24(26-15-17-7-8-20(29-2)14-23(17)32-5)27-18-9-10-28(16-18)19-11-21(30-3)13-22(12-19)31-4/h7-8,11-14,18H,6,9-10,15-16H2,1-5H3,(H2,25,26,27). The van der Waals surface area contributed by atoms with Gasteiger partial charge in [-0.15, -0.1) is 0 Å². The van der Waals surface area contributed by atoms with Crippen LogP contribution < -0.4 is 34.5 Å². The van der Waals surface area contributed by atoms with E-state index >= 15 is 0 Å². The molecule has 2 aromatic rings. The number of ether oxygens (including phenoxy) is 4. The second kappa shape index (κ2) is 11.4. The SMILES string of the molecule is CCNC(=NCc1ccc(OC)cc1OC)NC1CCN(c2cc(OC)cc(OC)c2)C1. The van der Waals surface area contributed by atoms with E-state index in [1.807, 2.05) is 36.4 Å². The van der Waals surface area contributed by atoms with Gasteiger partial charge in [0.2, 0.25) is 0 Å². The normalized spacial score (nSPS) is 16.0. The first-order valence-electron chi connectivity index (χ1n) is 10.8. The average Bonchev–Trinajstić information content (AvgIpc) is 3.30. The van der Waals surface area contributed by atoms with Gasteiger partial charge in [-0.25, -0.2) is 4.99 Å². The topological polar surface area (TPSA) is 76.6 Å². The fourth-order valence-corrected chi connectivity index (χ4v) is 3.75. The number of aliphatic imine (C=N–C) groups is 1. The lowest BCUT2D eigenvalue weighted by Crippen LogP contribution is -2.44. The monoisotopic (exact) mass is 442 g/mol. The highest BCUT2D eigenvalue weighted by molar-refractivity contribution is 5.80. The van der Waals surface area contributed by atoms with Crippen LogP contribution in [0.5, 0.6) is 23.0 Å². The molecule has 8 nitrogen and oxygen atoms in total. The zero-order chi connectivity index (χ0) is 22.9. The molecule has 0 spiro atoms. The molecule has 1 fully saturated rings. The van der Waals surface area contributed by atoms with Gasteiger partial charge in [-0.05, 0) is 25.5 Å². The van der Waals surface area contributed by atoms with Gasteiger partial charge >= 0.3 is 0 Å². The van der Waals surface area contributed by atoms with Crippen molar-refractivity contribution in [2.24, 2.45) is 4.99 Å². The Morgan fingerprint density at radius 2 is 1.69 bits per heavy atom. The van der Waals surface area contributed by atoms with E-state index in [1.165, 1.54) is 0 Å². The summed E-state index contributed by atoms with van der Waals surface area (Å²) in [6, 6.07) is 12.0. The van der Waals surface area contributed by atoms with Crippen LogP contribution in [0.25, 0.3) is 0 Å². The van der Waals surface area contributed by atoms with Gasteiger partial charge in [0.1, 0.15) is 23.0 Å². The highest BCUT2D eigenvalue weighted by Gasteiger charge is 2.24. The summed E-state index contributed by atoms with van der Waals surface area (Å²) in [5.74, 6) is 3.90. The number of hydrogen-bond donors (Lipinski definition) is 2. The summed E-state index contributed by atoms with van der Waals surface area (Å²) in [6.45, 7) is 5.17. The van der Waals surface area contributed by atoms with Crippen LogP contribution in [-0.4, -0.2) is 60.1 Å². The molecule has 8 heteroatoms. The predicted molar refractivity (Wildman–Crippen MR) is 128 cm³/mol. The zero-order valence-corrected chi connectivity index (χ0v) is 19.6. The minimum atomic E-state index is 0.280. The molecule has 1 saturated heterocycles. The van der Waals surface area contributed by atoms with Crippen LogP contribution in [0.4, 0.5) is 5.69 Å². The number of methoxy groups -OCH3 is 4. The first-order valence-corrected chi connectivity index (χ1v) is 10.8. The molecule has 0 aromatic heterocycles. The fourth-order valence-electron chi connectivity index (χ4n) is 3.75. The maximum Gasteiger partial charge on any atom is 0.191 e. The summed E-state index contributed by atoms with van der Waals surface area (Å²) < 4.78 is 21.6. The number of nitrogens with zero attached hydrogens (tertiary/aromatic N) is 2. The van der Waals surface area contributed by atoms with Crippen molar-refractivity contribution in [2.75, 3.05) is 53.0 Å². The Morgan fingerprint density at radius 1 is 0.969 bits per heavy atom. The van der Waals surface area contributed by atoms with E-state index in [1.54, 1.807) is 28.4 Å². The van der Waals surface area contributed by atoms with Crippen molar-refractivity contribution in [3.8, 4) is 23.0 Å². The summed E-state index contributed by atoms with van der Waals surface area (Å²) in [5.41, 5.74) is 2.09. The van der Waals surface area contributed by atoms with Crippen LogP contribution in [0.1, 0.15) is 18.9 Å². The van der Waals surface area contributed by atoms with Crippen LogP contribution >= 0.6 is 0 Å². The first-order chi connectivity index (χ1) is 15.6. The maximum absolute atomic E-state index is 5.50. The largest absolute Gasteiger partial charge is 0.497 e. The molecule has 1 aliphatic heterocycles. The van der Waals surface area contributed by atoms with Gasteiger partial charge in [0, 0.05) is 61.2 Å². The third-order valence-corrected chi connectivity index (χ3v) is 5.48. The van der Waals surface area contributed by atoms with E-state index in [9.17, 15) is 0 Å². The second-order valence-electron chi connectivity index (χ2n) is 7.52. The quantitative estimate of drug-likeness (QED) is 0.457. The summed E-state index contributed by atoms with van der Waals surface area (Å²) in [7, 11) is 6.64. The Balaban J connectivity index is 1.67. The minimum absolute atomic E-state index is 0.280. The van der Waals surface area contributed by atoms with E-state index in [-0.39, 0.29) is 6.04 Å². The van der Waals surface area contributed by atoms with Gasteiger partial charge in [0.15, 0.2) is 5.96 Å². The van der Waals surface area contributed by atoms with Crippen LogP contribution in [0, 0.1) is 0 Å². The van der Waals surface area contributed by atoms with E-state index < -0.39 is 0 Å². The summed E-state index contributed by atoms with van der Waals surface area (Å²) in [4.78, 5) is 7.11. The molecule has 1 unspecified atom stereocenters. The molecule has 0 radical (unpaired) electrons. The fraction of sp³-hybridized carbons (Fsp3) is 0.458. The number of guanidine groups is 1. The number of benzene rings is 2. The highest BCUT2D eigenvalue weighted by atomic mass is 16.5. The molecular formula is C24H34N4O4. The molecule has 0 aliphatic carbocycles. The van der Waals surface area contributed by atoms with Gasteiger partial charge in [-0.1, -0.05) is 0 Å². The van der Waals surface area contributed by atoms with E-state index in [0.717, 1.165) is 66.3 Å². The van der Waals surface area contributed by atoms with Crippen molar-refractivity contribution >= 4 is 11.6 Å². The van der Waals surface area contributed by atoms with Crippen molar-refractivity contribution < 1.29 is 18.9 Å². The highest BCUT2D eigenvalue weighted by Crippen LogP contribution is 2.30. The van der Waals surface area contributed by atoms with Gasteiger partial charge in [-0.3, -0.25) is 0 Å². The van der Waals surface area contributed by atoms with Crippen molar-refractivity contribution in [1.82, 2.24) is 10.6 Å². The number of rotatable bonds is 9. The molecular weight excluding hydrogens is 408 g/mol. The smallest absolute Gasteiger partial charge is 0.191 e. The second-order valence-corrected chi connectivity index (χ2v) is 7.52. The third kappa shape index (κ3) is 5.90. The lowest BCUT2D eigenvalue weighted by molar-refractivity contribution is 0.391. The average molecular weight is 443 g/mol. The molecule has 2 N–H and O–H groups in total. The molecule has 174 valence electrons. The molecule has 2 aromatic carbocycles. The molecule has 0 saturated carbocycles. The van der Waals surface area contributed by atoms with Crippen molar-refractivity contribution in [3.05, 3.63) is 42.0 Å². The minimum Gasteiger partial charge on any atom is -0.497 e. The van der Waals surface area contributed by atoms with Gasteiger partial charge < -0.3 is 34.5 Å². The number of nitrogens with one attached hydrogen (secondary N) is 2. The Bertz CT molecular complexity index is 897. The Morgan fingerprint density at radius 3 is 2.31 bits per heavy atom. The van der Waals surface area contributed by atoms with E-state index in [0.29, 0.717) is 6.54 Å². The van der Waals surface area contributed by atoms with Crippen molar-refractivity contribution in [3.63, 3.8) is 0 Å². The summed E-state index contributed by atoms with van der Waals surface area (Å²) in [6.07, 6.45) is 1.01. The third-order valence-electron chi connectivity index (χ3n) is 5.48. The van der Waals surface area contributed by atoms with Crippen molar-refractivity contribution in [2.45, 2.75) is 25.9 Å². The Hall–Kier alpha value is -3.29. The Labute approximate surface area is 190 Å². The van der Waals surface area contributed by atoms with Gasteiger partial charge in [0.05, 0.1) is 35.0 Å². The van der Waals surface area contributed by atoms with Crippen molar-refractivity contribution in [1.29, 1.82) is 0 Å². The predicted octanol–water partition coefficient (Wildman–Crippen LogP) is 3.06. The zero-order valence-electron chi connectivity index (χ0n) is 19.6. The van der Waals surface area contributed by atoms with Gasteiger partial charge in [-0.2, -0.15) is 0 Å². The molecule has 1 heterocycles. The van der Waals surface area contributed by atoms with Crippen LogP contribution in [0.15, 0.2) is 41.4 Å². The van der Waals surface area contributed by atoms with Gasteiger partial charge in [0.25, 0.3) is 0 Å². The lowest BCUT2D eigenvalue weighted by Gasteiger charge is -2.21. The molecule has 32 heavy (non-hydrogen) atoms. The van der Waals surface area contributed by atoms with E-state index in [4.69, 9.17) is 23.9 Å². The van der Waals surface area contributed by atoms with Crippen LogP contribution in [-0.2, 0) is 6.54 Å². The molecule has 1 atom stereocenters. The summed E-state index contributed by atoms with van der Waals surface area (Å²) in [5, 5.41) is 6.92. The maximum atomic E-state index is 5.50. The molecule has 1 aliphatic rings. The summed E-state index contributed by atoms with van der Waals surface area (Å²) >= 11 is 0. The molecule has 0 bridgehead atoms. The molecule has 0 amide bonds. The van der Waals surface area contributed by atoms with Crippen LogP contribution in [0.2, 0.25) is 0 Å². The first kappa shape index (κ1) is 23.4. The van der Waals surface area contributed by atoms with E-state index in [2.05, 4.69) is 22.5 Å². The molecule has 3 rings (SSSR count). The van der Waals surface area contributed by atoms with Crippen LogP contribution in [0.3, 0.4) is 0 Å². The lowest BCUT2D eigenvalue weighted by atomic mass is 10.2. The number of hydrogen-bond acceptors (Lipinski definition) is 6. The Kier molecular flexibility index (Phi) is 8.30. The number of anilines is 1.